The van der Waals surface area contributed by atoms with Crippen LogP contribution in [-0.2, 0) is 0 Å². The summed E-state index contributed by atoms with van der Waals surface area (Å²) in [7, 11) is 0. The Bertz CT molecular complexity index is 358. The van der Waals surface area contributed by atoms with E-state index in [4.69, 9.17) is 17.3 Å². The van der Waals surface area contributed by atoms with E-state index in [1.807, 2.05) is 26.0 Å². The van der Waals surface area contributed by atoms with E-state index < -0.39 is 0 Å². The lowest BCUT2D eigenvalue weighted by Gasteiger charge is -2.30. The monoisotopic (exact) mass is 327 g/mol. The van der Waals surface area contributed by atoms with Gasteiger partial charge in [0.15, 0.2) is 0 Å². The minimum Gasteiger partial charge on any atom is -0.396 e. The van der Waals surface area contributed by atoms with E-state index in [1.54, 1.807) is 6.07 Å². The largest absolute Gasteiger partial charge is 0.396 e. The van der Waals surface area contributed by atoms with Crippen molar-refractivity contribution in [3.8, 4) is 0 Å². The highest BCUT2D eigenvalue weighted by Gasteiger charge is 2.28. The Balaban J connectivity index is 0.00000225. The predicted octanol–water partition coefficient (Wildman–Crippen LogP) is 3.54. The molecule has 0 unspecified atom stereocenters. The van der Waals surface area contributed by atoms with Gasteiger partial charge in [0.05, 0.1) is 0 Å². The van der Waals surface area contributed by atoms with Crippen LogP contribution in [0.4, 0.5) is 0 Å². The summed E-state index contributed by atoms with van der Waals surface area (Å²) in [6, 6.07) is 5.24. The fourth-order valence-corrected chi connectivity index (χ4v) is 1.95. The van der Waals surface area contributed by atoms with Crippen LogP contribution in [0.5, 0.6) is 0 Å². The highest BCUT2D eigenvalue weighted by Crippen LogP contribution is 2.35. The van der Waals surface area contributed by atoms with Gasteiger partial charge in [-0.15, -0.1) is 12.4 Å². The van der Waals surface area contributed by atoms with Crippen molar-refractivity contribution in [2.24, 2.45) is 11.1 Å². The molecule has 1 rings (SSSR count). The number of aliphatic hydroxyl groups excluding tert-OH is 1. The van der Waals surface area contributed by atoms with E-state index in [2.05, 4.69) is 15.9 Å². The molecule has 0 fully saturated rings. The van der Waals surface area contributed by atoms with Crippen molar-refractivity contribution in [2.45, 2.75) is 19.9 Å². The van der Waals surface area contributed by atoms with E-state index in [0.29, 0.717) is 5.02 Å². The molecule has 0 saturated carbocycles. The maximum absolute atomic E-state index is 9.26. The molecular formula is C11H16BrCl2NO. The zero-order valence-electron chi connectivity index (χ0n) is 9.21. The minimum absolute atomic E-state index is 0. The Hall–Kier alpha value is 0.200. The van der Waals surface area contributed by atoms with Crippen LogP contribution in [0.3, 0.4) is 0 Å². The first-order chi connectivity index (χ1) is 6.88. The van der Waals surface area contributed by atoms with Crippen LogP contribution in [0.25, 0.3) is 0 Å². The molecule has 2 nitrogen and oxygen atoms in total. The molecule has 16 heavy (non-hydrogen) atoms. The first kappa shape index (κ1) is 16.2. The second kappa shape index (κ2) is 6.22. The highest BCUT2D eigenvalue weighted by molar-refractivity contribution is 9.10. The van der Waals surface area contributed by atoms with Gasteiger partial charge in [-0.2, -0.15) is 0 Å². The van der Waals surface area contributed by atoms with Gasteiger partial charge < -0.3 is 10.8 Å². The van der Waals surface area contributed by atoms with Crippen LogP contribution >= 0.6 is 39.9 Å². The maximum Gasteiger partial charge on any atom is 0.0500 e. The fraction of sp³-hybridized carbons (Fsp3) is 0.455. The summed E-state index contributed by atoms with van der Waals surface area (Å²) in [6.07, 6.45) is 0. The number of rotatable bonds is 3. The Kier molecular flexibility index (Phi) is 6.30. The molecule has 0 radical (unpaired) electrons. The van der Waals surface area contributed by atoms with Crippen molar-refractivity contribution < 1.29 is 5.11 Å². The molecule has 3 N–H and O–H groups in total. The number of halogens is 3. The van der Waals surface area contributed by atoms with Crippen LogP contribution in [0.2, 0.25) is 5.02 Å². The molecule has 0 amide bonds. The van der Waals surface area contributed by atoms with Gasteiger partial charge in [0.25, 0.3) is 0 Å². The molecule has 0 aliphatic heterocycles. The van der Waals surface area contributed by atoms with Gasteiger partial charge in [0, 0.05) is 27.6 Å². The first-order valence-electron chi connectivity index (χ1n) is 4.70. The third kappa shape index (κ3) is 3.60. The first-order valence-corrected chi connectivity index (χ1v) is 5.87. The lowest BCUT2D eigenvalue weighted by atomic mass is 9.82. The van der Waals surface area contributed by atoms with Crippen molar-refractivity contribution in [3.63, 3.8) is 0 Å². The third-order valence-electron chi connectivity index (χ3n) is 2.54. The second-order valence-corrected chi connectivity index (χ2v) is 5.58. The van der Waals surface area contributed by atoms with Gasteiger partial charge in [0.2, 0.25) is 0 Å². The molecule has 0 aromatic heterocycles. The molecule has 0 heterocycles. The van der Waals surface area contributed by atoms with Gasteiger partial charge in [-0.05, 0) is 23.8 Å². The third-order valence-corrected chi connectivity index (χ3v) is 3.50. The van der Waals surface area contributed by atoms with Crippen molar-refractivity contribution in [1.82, 2.24) is 0 Å². The minimum atomic E-state index is -0.368. The molecule has 1 aromatic rings. The van der Waals surface area contributed by atoms with Gasteiger partial charge in [0.1, 0.15) is 0 Å². The second-order valence-electron chi connectivity index (χ2n) is 4.29. The fourth-order valence-electron chi connectivity index (χ4n) is 1.27. The predicted molar refractivity (Wildman–Crippen MR) is 74.2 cm³/mol. The molecule has 0 aliphatic rings. The molecule has 1 aromatic carbocycles. The van der Waals surface area contributed by atoms with E-state index in [-0.39, 0.29) is 30.5 Å². The Morgan fingerprint density at radius 1 is 1.50 bits per heavy atom. The van der Waals surface area contributed by atoms with E-state index in [0.717, 1.165) is 10.0 Å². The van der Waals surface area contributed by atoms with Crippen molar-refractivity contribution in [1.29, 1.82) is 0 Å². The zero-order chi connectivity index (χ0) is 11.6. The molecular weight excluding hydrogens is 313 g/mol. The smallest absolute Gasteiger partial charge is 0.0500 e. The maximum atomic E-state index is 9.26. The van der Waals surface area contributed by atoms with Crippen LogP contribution in [0.1, 0.15) is 25.5 Å². The van der Waals surface area contributed by atoms with Gasteiger partial charge >= 0.3 is 0 Å². The van der Waals surface area contributed by atoms with E-state index >= 15 is 0 Å². The number of benzene rings is 1. The van der Waals surface area contributed by atoms with Crippen LogP contribution < -0.4 is 5.73 Å². The number of aliphatic hydroxyl groups is 1. The standard InChI is InChI=1S/C11H15BrClNO.ClH/c1-11(2,6-15)10(14)8-5-7(13)3-4-9(8)12;/h3-5,10,15H,6,14H2,1-2H3;1H/t10-;/m1./s1. The van der Waals surface area contributed by atoms with E-state index in [1.165, 1.54) is 0 Å². The summed E-state index contributed by atoms with van der Waals surface area (Å²) < 4.78 is 0.918. The molecule has 5 heteroatoms. The SMILES string of the molecule is CC(C)(CO)[C@H](N)c1cc(Cl)ccc1Br.Cl. The quantitative estimate of drug-likeness (QED) is 0.891. The number of hydrogen-bond acceptors (Lipinski definition) is 2. The molecule has 0 saturated heterocycles. The lowest BCUT2D eigenvalue weighted by molar-refractivity contribution is 0.132. The summed E-state index contributed by atoms with van der Waals surface area (Å²) in [5.41, 5.74) is 6.65. The molecule has 1 atom stereocenters. The Morgan fingerprint density at radius 3 is 2.56 bits per heavy atom. The van der Waals surface area contributed by atoms with Crippen molar-refractivity contribution in [3.05, 3.63) is 33.3 Å². The van der Waals surface area contributed by atoms with Crippen LogP contribution in [0, 0.1) is 5.41 Å². The van der Waals surface area contributed by atoms with Crippen molar-refractivity contribution >= 4 is 39.9 Å². The highest BCUT2D eigenvalue weighted by atomic mass is 79.9. The summed E-state index contributed by atoms with van der Waals surface area (Å²) >= 11 is 9.35. The summed E-state index contributed by atoms with van der Waals surface area (Å²) in [5, 5.41) is 9.91. The molecule has 92 valence electrons. The normalized spacial score (nSPS) is 13.1. The number of hydrogen-bond donors (Lipinski definition) is 2. The average molecular weight is 329 g/mol. The van der Waals surface area contributed by atoms with Crippen molar-refractivity contribution in [2.75, 3.05) is 6.61 Å². The average Bonchev–Trinajstić information content (AvgIpc) is 2.20. The number of nitrogens with two attached hydrogens (primary N) is 1. The summed E-state index contributed by atoms with van der Waals surface area (Å²) in [5.74, 6) is 0. The molecule has 0 aliphatic carbocycles. The topological polar surface area (TPSA) is 46.2 Å². The zero-order valence-corrected chi connectivity index (χ0v) is 12.4. The molecule has 0 spiro atoms. The summed E-state index contributed by atoms with van der Waals surface area (Å²) in [6.45, 7) is 3.88. The van der Waals surface area contributed by atoms with E-state index in [9.17, 15) is 5.11 Å². The van der Waals surface area contributed by atoms with Gasteiger partial charge in [-0.3, -0.25) is 0 Å². The Morgan fingerprint density at radius 2 is 2.06 bits per heavy atom. The lowest BCUT2D eigenvalue weighted by Crippen LogP contribution is -2.32. The van der Waals surface area contributed by atoms with Gasteiger partial charge in [-0.25, -0.2) is 0 Å². The van der Waals surface area contributed by atoms with Crippen LogP contribution in [0.15, 0.2) is 22.7 Å². The van der Waals surface area contributed by atoms with Crippen LogP contribution in [-0.4, -0.2) is 11.7 Å². The Labute approximate surface area is 116 Å². The summed E-state index contributed by atoms with van der Waals surface area (Å²) in [4.78, 5) is 0. The molecule has 0 bridgehead atoms. The van der Waals surface area contributed by atoms with Gasteiger partial charge in [-0.1, -0.05) is 41.4 Å².